The van der Waals surface area contributed by atoms with Gasteiger partial charge in [0, 0.05) is 19.5 Å². The van der Waals surface area contributed by atoms with E-state index < -0.39 is 6.04 Å². The Morgan fingerprint density at radius 2 is 1.00 bits per heavy atom. The van der Waals surface area contributed by atoms with Crippen molar-refractivity contribution in [2.75, 3.05) is 27.2 Å². The number of carbonyl (C=O) groups excluding carboxylic acids is 2. The van der Waals surface area contributed by atoms with Crippen LogP contribution in [0.5, 0.6) is 0 Å². The summed E-state index contributed by atoms with van der Waals surface area (Å²) in [6.45, 7) is 5.79. The van der Waals surface area contributed by atoms with Gasteiger partial charge in [-0.1, -0.05) is 147 Å². The number of nitrogens with one attached hydrogen (secondary N) is 5. The predicted molar refractivity (Wildman–Crippen MR) is 209 cm³/mol. The number of hydrogen-bond donors (Lipinski definition) is 5. The number of carbonyl (C=O) groups is 2. The SMILES string of the molecule is CCC/C=C/CCC/C=C/CCCCCCCC(=O)NC(CCNC(NC)NC)C(=O)NCCCCCCCCCCCCCCCC. The summed E-state index contributed by atoms with van der Waals surface area (Å²) in [6.07, 6.45) is 41.5. The van der Waals surface area contributed by atoms with E-state index in [4.69, 9.17) is 0 Å². The van der Waals surface area contributed by atoms with Crippen LogP contribution in [0.1, 0.15) is 187 Å². The van der Waals surface area contributed by atoms with Gasteiger partial charge in [-0.25, -0.2) is 0 Å². The molecule has 0 aromatic carbocycles. The Bertz CT molecular complexity index is 753. The first-order valence-electron chi connectivity index (χ1n) is 20.5. The molecule has 48 heavy (non-hydrogen) atoms. The molecular formula is C41H81N5O2. The van der Waals surface area contributed by atoms with E-state index in [0.29, 0.717) is 25.9 Å². The minimum absolute atomic E-state index is 0.0158. The molecule has 0 bridgehead atoms. The molecule has 0 spiro atoms. The van der Waals surface area contributed by atoms with Gasteiger partial charge in [-0.15, -0.1) is 0 Å². The van der Waals surface area contributed by atoms with E-state index in [1.807, 2.05) is 14.1 Å². The van der Waals surface area contributed by atoms with Crippen molar-refractivity contribution < 1.29 is 9.59 Å². The third kappa shape index (κ3) is 32.8. The molecule has 0 saturated carbocycles. The molecule has 0 rings (SSSR count). The van der Waals surface area contributed by atoms with Crippen molar-refractivity contribution in [3.8, 4) is 0 Å². The zero-order valence-corrected chi connectivity index (χ0v) is 32.3. The van der Waals surface area contributed by atoms with Crippen LogP contribution in [0, 0.1) is 0 Å². The second kappa shape index (κ2) is 38.1. The van der Waals surface area contributed by atoms with Crippen LogP contribution in [0.25, 0.3) is 0 Å². The van der Waals surface area contributed by atoms with Crippen LogP contribution < -0.4 is 26.6 Å². The molecule has 0 fully saturated rings. The van der Waals surface area contributed by atoms with Gasteiger partial charge in [0.15, 0.2) is 0 Å². The topological polar surface area (TPSA) is 94.3 Å². The predicted octanol–water partition coefficient (Wildman–Crippen LogP) is 9.58. The largest absolute Gasteiger partial charge is 0.354 e. The zero-order valence-electron chi connectivity index (χ0n) is 32.3. The van der Waals surface area contributed by atoms with Crippen molar-refractivity contribution in [3.63, 3.8) is 0 Å². The molecule has 2 amide bonds. The lowest BCUT2D eigenvalue weighted by Crippen LogP contribution is -2.52. The van der Waals surface area contributed by atoms with Crippen LogP contribution in [0.2, 0.25) is 0 Å². The van der Waals surface area contributed by atoms with Crippen LogP contribution in [0.3, 0.4) is 0 Å². The van der Waals surface area contributed by atoms with E-state index in [2.05, 4.69) is 64.7 Å². The molecule has 5 N–H and O–H groups in total. The fourth-order valence-corrected chi connectivity index (χ4v) is 5.98. The zero-order chi connectivity index (χ0) is 35.2. The molecule has 0 saturated heterocycles. The first-order valence-corrected chi connectivity index (χ1v) is 20.5. The Balaban J connectivity index is 4.11. The summed E-state index contributed by atoms with van der Waals surface area (Å²) < 4.78 is 0. The molecule has 0 aliphatic carbocycles. The molecule has 0 heterocycles. The normalized spacial score (nSPS) is 12.4. The van der Waals surface area contributed by atoms with Gasteiger partial charge in [-0.05, 0) is 71.9 Å². The van der Waals surface area contributed by atoms with Gasteiger partial charge >= 0.3 is 0 Å². The van der Waals surface area contributed by atoms with Gasteiger partial charge in [-0.3, -0.25) is 25.5 Å². The summed E-state index contributed by atoms with van der Waals surface area (Å²) in [7, 11) is 3.76. The van der Waals surface area contributed by atoms with Crippen LogP contribution in [-0.4, -0.2) is 51.3 Å². The van der Waals surface area contributed by atoms with Crippen LogP contribution >= 0.6 is 0 Å². The van der Waals surface area contributed by atoms with E-state index in [1.54, 1.807) is 0 Å². The highest BCUT2D eigenvalue weighted by molar-refractivity contribution is 5.87. The van der Waals surface area contributed by atoms with E-state index in [9.17, 15) is 9.59 Å². The Kier molecular flexibility index (Phi) is 36.8. The molecule has 7 nitrogen and oxygen atoms in total. The second-order valence-electron chi connectivity index (χ2n) is 13.7. The van der Waals surface area contributed by atoms with Gasteiger partial charge in [0.2, 0.25) is 11.8 Å². The molecule has 0 aromatic heterocycles. The Morgan fingerprint density at radius 3 is 1.54 bits per heavy atom. The molecule has 0 aliphatic rings. The fourth-order valence-electron chi connectivity index (χ4n) is 5.98. The molecule has 1 atom stereocenters. The minimum atomic E-state index is -0.509. The van der Waals surface area contributed by atoms with Gasteiger partial charge < -0.3 is 10.6 Å². The summed E-state index contributed by atoms with van der Waals surface area (Å²) in [5.74, 6) is -0.0794. The van der Waals surface area contributed by atoms with Crippen LogP contribution in [-0.2, 0) is 9.59 Å². The lowest BCUT2D eigenvalue weighted by atomic mass is 10.0. The van der Waals surface area contributed by atoms with Crippen molar-refractivity contribution in [1.82, 2.24) is 26.6 Å². The Labute approximate surface area is 298 Å². The van der Waals surface area contributed by atoms with Gasteiger partial charge in [-0.2, -0.15) is 0 Å². The van der Waals surface area contributed by atoms with E-state index >= 15 is 0 Å². The van der Waals surface area contributed by atoms with Crippen molar-refractivity contribution in [2.45, 2.75) is 200 Å². The second-order valence-corrected chi connectivity index (χ2v) is 13.7. The van der Waals surface area contributed by atoms with Crippen LogP contribution in [0.4, 0.5) is 0 Å². The number of allylic oxidation sites excluding steroid dienone is 4. The Hall–Kier alpha value is -1.70. The summed E-state index contributed by atoms with van der Waals surface area (Å²) in [5, 5.41) is 15.7. The smallest absolute Gasteiger partial charge is 0.242 e. The van der Waals surface area contributed by atoms with Crippen LogP contribution in [0.15, 0.2) is 24.3 Å². The number of amides is 2. The molecule has 0 aromatic rings. The third-order valence-corrected chi connectivity index (χ3v) is 9.14. The van der Waals surface area contributed by atoms with Crippen molar-refractivity contribution in [2.24, 2.45) is 0 Å². The minimum Gasteiger partial charge on any atom is -0.354 e. The first kappa shape index (κ1) is 46.3. The quantitative estimate of drug-likeness (QED) is 0.0257. The molecule has 0 radical (unpaired) electrons. The van der Waals surface area contributed by atoms with E-state index in [-0.39, 0.29) is 18.1 Å². The van der Waals surface area contributed by atoms with Gasteiger partial charge in [0.25, 0.3) is 0 Å². The molecule has 282 valence electrons. The molecular weight excluding hydrogens is 594 g/mol. The van der Waals surface area contributed by atoms with E-state index in [1.165, 1.54) is 122 Å². The maximum atomic E-state index is 13.0. The first-order chi connectivity index (χ1) is 23.6. The lowest BCUT2D eigenvalue weighted by molar-refractivity contribution is -0.129. The number of hydrogen-bond acceptors (Lipinski definition) is 5. The van der Waals surface area contributed by atoms with Crippen molar-refractivity contribution in [1.29, 1.82) is 0 Å². The standard InChI is InChI=1S/C41H81N5O2/c1-5-7-9-11-13-15-17-19-21-22-24-26-28-30-32-34-39(47)46-38(35-37-45-41(42-3)43-4)40(48)44-36-33-31-29-27-25-23-20-18-16-14-12-10-8-6-2/h9,11,19,21,38,41-43,45H,5-8,10,12-18,20,22-37H2,1-4H3,(H,44,48)(H,46,47)/b11-9+,21-19+. The molecule has 7 heteroatoms. The monoisotopic (exact) mass is 676 g/mol. The summed E-state index contributed by atoms with van der Waals surface area (Å²) in [5.41, 5.74) is 0. The van der Waals surface area contributed by atoms with Crippen molar-refractivity contribution in [3.05, 3.63) is 24.3 Å². The summed E-state index contributed by atoms with van der Waals surface area (Å²) in [6, 6.07) is -0.509. The average Bonchev–Trinajstić information content (AvgIpc) is 3.09. The molecule has 0 aliphatic heterocycles. The third-order valence-electron chi connectivity index (χ3n) is 9.14. The maximum Gasteiger partial charge on any atom is 0.242 e. The van der Waals surface area contributed by atoms with Crippen molar-refractivity contribution >= 4 is 11.8 Å². The van der Waals surface area contributed by atoms with Gasteiger partial charge in [0.05, 0.1) is 0 Å². The average molecular weight is 676 g/mol. The van der Waals surface area contributed by atoms with E-state index in [0.717, 1.165) is 38.5 Å². The number of unbranched alkanes of at least 4 members (excludes halogenated alkanes) is 21. The lowest BCUT2D eigenvalue weighted by Gasteiger charge is -2.21. The number of rotatable bonds is 37. The highest BCUT2D eigenvalue weighted by Crippen LogP contribution is 2.13. The molecule has 1 unspecified atom stereocenters. The summed E-state index contributed by atoms with van der Waals surface area (Å²) in [4.78, 5) is 25.8. The highest BCUT2D eigenvalue weighted by Gasteiger charge is 2.20. The highest BCUT2D eigenvalue weighted by atomic mass is 16.2. The Morgan fingerprint density at radius 1 is 0.521 bits per heavy atom. The van der Waals surface area contributed by atoms with Gasteiger partial charge in [0.1, 0.15) is 12.3 Å². The summed E-state index contributed by atoms with van der Waals surface area (Å²) >= 11 is 0. The fraction of sp³-hybridized carbons (Fsp3) is 0.854. The maximum absolute atomic E-state index is 13.0.